The third kappa shape index (κ3) is 48.6. The molecule has 0 amide bonds. The van der Waals surface area contributed by atoms with Crippen LogP contribution in [0, 0.1) is 0 Å². The number of allylic oxidation sites excluding steroid dienone is 12. The average molecular weight is 936 g/mol. The minimum atomic E-state index is -0.947. The van der Waals surface area contributed by atoms with Crippen molar-refractivity contribution in [3.63, 3.8) is 0 Å². The molecule has 4 nitrogen and oxygen atoms in total. The molecule has 0 saturated heterocycles. The minimum Gasteiger partial charge on any atom is -0.459 e. The number of esters is 1. The highest BCUT2D eigenvalue weighted by atomic mass is 16.6. The standard InChI is InChI=1S/C63H116NO3/c1-7-10-13-16-19-22-25-28-31-34-37-40-43-46-49-52-56-61(67-62(65)57-55-60-64(4,5)6)63(66,58-53-50-47-44-41-38-35-32-29-26-23-20-17-14-11-8-2)59-54-51-48-45-42-39-36-33-30-27-24-21-18-15-12-9-3/h19-24,28-33,61,66H,7-18,25-27,34-60H2,1-6H3/q+1/b22-19-,23-20-,24-21-,31-28-,32-29-,33-30-. The van der Waals surface area contributed by atoms with Crippen molar-refractivity contribution in [2.24, 2.45) is 0 Å². The summed E-state index contributed by atoms with van der Waals surface area (Å²) in [5.74, 6) is -0.119. The Morgan fingerprint density at radius 3 is 1.04 bits per heavy atom. The van der Waals surface area contributed by atoms with Crippen LogP contribution in [-0.4, -0.2) is 55.0 Å². The summed E-state index contributed by atoms with van der Waals surface area (Å²) in [6.07, 6.45) is 74.8. The summed E-state index contributed by atoms with van der Waals surface area (Å²) in [4.78, 5) is 13.4. The van der Waals surface area contributed by atoms with Gasteiger partial charge < -0.3 is 14.3 Å². The summed E-state index contributed by atoms with van der Waals surface area (Å²) in [5, 5.41) is 12.6. The molecule has 1 N–H and O–H groups in total. The molecule has 0 aromatic carbocycles. The van der Waals surface area contributed by atoms with Gasteiger partial charge in [0.1, 0.15) is 11.7 Å². The maximum absolute atomic E-state index is 13.4. The molecule has 0 rings (SSSR count). The molecule has 0 aliphatic heterocycles. The van der Waals surface area contributed by atoms with Gasteiger partial charge in [0.15, 0.2) is 0 Å². The number of hydrogen-bond donors (Lipinski definition) is 1. The Balaban J connectivity index is 5.19. The lowest BCUT2D eigenvalue weighted by Crippen LogP contribution is -2.45. The predicted octanol–water partition coefficient (Wildman–Crippen LogP) is 19.7. The van der Waals surface area contributed by atoms with Crippen LogP contribution < -0.4 is 0 Å². The first kappa shape index (κ1) is 64.8. The molecule has 4 heteroatoms. The number of rotatable bonds is 51. The molecule has 1 unspecified atom stereocenters. The lowest BCUT2D eigenvalue weighted by atomic mass is 9.82. The smallest absolute Gasteiger partial charge is 0.306 e. The minimum absolute atomic E-state index is 0.119. The van der Waals surface area contributed by atoms with Crippen LogP contribution in [0.15, 0.2) is 72.9 Å². The van der Waals surface area contributed by atoms with E-state index in [0.29, 0.717) is 6.42 Å². The number of unbranched alkanes of at least 4 members (excludes halogenated alkanes) is 27. The lowest BCUT2D eigenvalue weighted by Gasteiger charge is -2.36. The number of ether oxygens (including phenoxy) is 1. The monoisotopic (exact) mass is 935 g/mol. The summed E-state index contributed by atoms with van der Waals surface area (Å²) in [6.45, 7) is 7.73. The molecule has 0 fully saturated rings. The van der Waals surface area contributed by atoms with Crippen molar-refractivity contribution in [2.45, 2.75) is 296 Å². The molecule has 0 heterocycles. The van der Waals surface area contributed by atoms with E-state index in [1.165, 1.54) is 173 Å². The van der Waals surface area contributed by atoms with E-state index in [4.69, 9.17) is 4.74 Å². The van der Waals surface area contributed by atoms with Gasteiger partial charge in [-0.15, -0.1) is 0 Å². The van der Waals surface area contributed by atoms with Crippen molar-refractivity contribution in [1.82, 2.24) is 0 Å². The highest BCUT2D eigenvalue weighted by Gasteiger charge is 2.38. The van der Waals surface area contributed by atoms with E-state index >= 15 is 0 Å². The Morgan fingerprint density at radius 2 is 0.716 bits per heavy atom. The summed E-state index contributed by atoms with van der Waals surface area (Å²) < 4.78 is 7.23. The maximum atomic E-state index is 13.4. The van der Waals surface area contributed by atoms with Crippen LogP contribution in [0.2, 0.25) is 0 Å². The van der Waals surface area contributed by atoms with Crippen molar-refractivity contribution < 1.29 is 19.1 Å². The second kappa shape index (κ2) is 50.2. The summed E-state index contributed by atoms with van der Waals surface area (Å²) >= 11 is 0. The second-order valence-electron chi connectivity index (χ2n) is 21.2. The van der Waals surface area contributed by atoms with Crippen molar-refractivity contribution in [3.8, 4) is 0 Å². The molecule has 0 saturated carbocycles. The molecule has 0 aliphatic rings. The highest BCUT2D eigenvalue weighted by Crippen LogP contribution is 2.32. The van der Waals surface area contributed by atoms with Gasteiger partial charge in [-0.3, -0.25) is 4.79 Å². The molecule has 1 atom stereocenters. The summed E-state index contributed by atoms with van der Waals surface area (Å²) in [7, 11) is 6.54. The fraction of sp³-hybridized carbons (Fsp3) is 0.794. The van der Waals surface area contributed by atoms with Gasteiger partial charge in [0.2, 0.25) is 0 Å². The van der Waals surface area contributed by atoms with Crippen LogP contribution in [0.25, 0.3) is 0 Å². The molecule has 0 bridgehead atoms. The van der Waals surface area contributed by atoms with Gasteiger partial charge in [-0.05, 0) is 122 Å². The normalized spacial score (nSPS) is 13.4. The molecule has 0 aromatic rings. The Labute approximate surface area is 419 Å². The molecule has 390 valence electrons. The van der Waals surface area contributed by atoms with Gasteiger partial charge in [0, 0.05) is 6.42 Å². The van der Waals surface area contributed by atoms with Crippen LogP contribution >= 0.6 is 0 Å². The topological polar surface area (TPSA) is 46.5 Å². The van der Waals surface area contributed by atoms with E-state index in [1.807, 2.05) is 0 Å². The zero-order valence-electron chi connectivity index (χ0n) is 45.9. The molecular formula is C63H116NO3+. The maximum Gasteiger partial charge on any atom is 0.306 e. The average Bonchev–Trinajstić information content (AvgIpc) is 3.30. The van der Waals surface area contributed by atoms with E-state index in [2.05, 4.69) is 115 Å². The van der Waals surface area contributed by atoms with E-state index in [0.717, 1.165) is 94.5 Å². The fourth-order valence-corrected chi connectivity index (χ4v) is 8.96. The Hall–Kier alpha value is -2.17. The van der Waals surface area contributed by atoms with Crippen molar-refractivity contribution in [2.75, 3.05) is 27.7 Å². The number of hydrogen-bond acceptors (Lipinski definition) is 3. The third-order valence-electron chi connectivity index (χ3n) is 13.4. The SMILES string of the molecule is CCCCC/C=C\C/C=C\CCCCCCCCC(OC(=O)CCC[N+](C)(C)C)C(O)(CCCCCCCC/C=C\C/C=C\CCCCC)CCCCCCCC/C=C\C/C=C\CCCCC. The number of carbonyl (C=O) groups excluding carboxylic acids is 1. The molecule has 0 spiro atoms. The second-order valence-corrected chi connectivity index (χ2v) is 21.2. The number of nitrogens with zero attached hydrogens (tertiary/aromatic N) is 1. The van der Waals surface area contributed by atoms with Crippen LogP contribution in [-0.2, 0) is 9.53 Å². The quantitative estimate of drug-likeness (QED) is 0.0286. The van der Waals surface area contributed by atoms with Crippen molar-refractivity contribution >= 4 is 5.97 Å². The van der Waals surface area contributed by atoms with Gasteiger partial charge in [-0.25, -0.2) is 0 Å². The first-order valence-electron chi connectivity index (χ1n) is 29.3. The van der Waals surface area contributed by atoms with Crippen LogP contribution in [0.1, 0.15) is 284 Å². The largest absolute Gasteiger partial charge is 0.459 e. The van der Waals surface area contributed by atoms with Gasteiger partial charge in [-0.1, -0.05) is 222 Å². The zero-order chi connectivity index (χ0) is 49.0. The molecule has 0 aromatic heterocycles. The van der Waals surface area contributed by atoms with E-state index in [9.17, 15) is 9.90 Å². The highest BCUT2D eigenvalue weighted by molar-refractivity contribution is 5.69. The van der Waals surface area contributed by atoms with Gasteiger partial charge in [-0.2, -0.15) is 0 Å². The predicted molar refractivity (Wildman–Crippen MR) is 299 cm³/mol. The lowest BCUT2D eigenvalue weighted by molar-refractivity contribution is -0.870. The van der Waals surface area contributed by atoms with E-state index in [-0.39, 0.29) is 5.97 Å². The van der Waals surface area contributed by atoms with Gasteiger partial charge in [0.05, 0.1) is 34.1 Å². The van der Waals surface area contributed by atoms with Gasteiger partial charge >= 0.3 is 5.97 Å². The third-order valence-corrected chi connectivity index (χ3v) is 13.4. The van der Waals surface area contributed by atoms with Crippen molar-refractivity contribution in [3.05, 3.63) is 72.9 Å². The molecular weight excluding hydrogens is 819 g/mol. The van der Waals surface area contributed by atoms with Crippen LogP contribution in [0.4, 0.5) is 0 Å². The molecule has 0 aliphatic carbocycles. The Bertz CT molecular complexity index is 1170. The van der Waals surface area contributed by atoms with E-state index in [1.54, 1.807) is 0 Å². The van der Waals surface area contributed by atoms with Crippen LogP contribution in [0.5, 0.6) is 0 Å². The number of aliphatic hydroxyl groups is 1. The molecule has 67 heavy (non-hydrogen) atoms. The van der Waals surface area contributed by atoms with Crippen LogP contribution in [0.3, 0.4) is 0 Å². The first-order valence-corrected chi connectivity index (χ1v) is 29.3. The number of carbonyl (C=O) groups is 1. The first-order chi connectivity index (χ1) is 32.7. The van der Waals surface area contributed by atoms with Crippen molar-refractivity contribution in [1.29, 1.82) is 0 Å². The Kier molecular flexibility index (Phi) is 48.6. The number of quaternary nitrogens is 1. The van der Waals surface area contributed by atoms with E-state index < -0.39 is 11.7 Å². The summed E-state index contributed by atoms with van der Waals surface area (Å²) in [6, 6.07) is 0. The molecule has 0 radical (unpaired) electrons. The zero-order valence-corrected chi connectivity index (χ0v) is 45.9. The summed E-state index contributed by atoms with van der Waals surface area (Å²) in [5.41, 5.74) is -0.947. The Morgan fingerprint density at radius 1 is 0.418 bits per heavy atom. The fourth-order valence-electron chi connectivity index (χ4n) is 8.96. The van der Waals surface area contributed by atoms with Gasteiger partial charge in [0.25, 0.3) is 0 Å².